The fourth-order valence-electron chi connectivity index (χ4n) is 1.79. The van der Waals surface area contributed by atoms with Crippen LogP contribution in [0, 0.1) is 4.77 Å². The molecular weight excluding hydrogens is 262 g/mol. The van der Waals surface area contributed by atoms with Gasteiger partial charge in [0.15, 0.2) is 5.65 Å². The van der Waals surface area contributed by atoms with Crippen LogP contribution >= 0.6 is 12.2 Å². The summed E-state index contributed by atoms with van der Waals surface area (Å²) in [6, 6.07) is 7.61. The molecule has 0 atom stereocenters. The Labute approximate surface area is 113 Å². The Hall–Kier alpha value is -2.41. The molecule has 3 aromatic rings. The number of fused-ring (bicyclic) bond motifs is 1. The summed E-state index contributed by atoms with van der Waals surface area (Å²) in [5.74, 6) is 1.50. The van der Waals surface area contributed by atoms with Gasteiger partial charge in [0.1, 0.15) is 17.1 Å². The summed E-state index contributed by atoms with van der Waals surface area (Å²) in [6.45, 7) is 0. The number of H-pyrrole nitrogens is 2. The second-order valence-electron chi connectivity index (χ2n) is 3.88. The van der Waals surface area contributed by atoms with Crippen LogP contribution in [-0.4, -0.2) is 27.0 Å². The van der Waals surface area contributed by atoms with Crippen LogP contribution in [0.25, 0.3) is 11.2 Å². The number of aromatic nitrogens is 4. The van der Waals surface area contributed by atoms with E-state index in [2.05, 4.69) is 25.3 Å². The van der Waals surface area contributed by atoms with E-state index in [1.165, 1.54) is 0 Å². The van der Waals surface area contributed by atoms with Gasteiger partial charge in [-0.15, -0.1) is 0 Å². The van der Waals surface area contributed by atoms with Crippen LogP contribution in [0.2, 0.25) is 0 Å². The maximum Gasteiger partial charge on any atom is 0.200 e. The molecule has 2 heterocycles. The molecular formula is C12H11N5OS. The first-order chi connectivity index (χ1) is 9.26. The van der Waals surface area contributed by atoms with Crippen molar-refractivity contribution in [3.8, 4) is 5.75 Å². The summed E-state index contributed by atoms with van der Waals surface area (Å²) in [4.78, 5) is 14.2. The standard InChI is InChI=1S/C12H11N5OS/c1-18-8-4-2-3-7(5-8)15-11-9-10(14-6-13-9)16-12(19)17-11/h2-6H,1H3,(H3,13,14,15,16,17,19). The third-order valence-corrected chi connectivity index (χ3v) is 2.84. The average Bonchev–Trinajstić information content (AvgIpc) is 2.87. The molecule has 96 valence electrons. The van der Waals surface area contributed by atoms with E-state index in [0.717, 1.165) is 22.8 Å². The number of benzene rings is 1. The molecule has 0 unspecified atom stereocenters. The van der Waals surface area contributed by atoms with E-state index in [9.17, 15) is 0 Å². The number of hydrogen-bond donors (Lipinski definition) is 3. The average molecular weight is 273 g/mol. The van der Waals surface area contributed by atoms with Crippen molar-refractivity contribution in [1.82, 2.24) is 19.9 Å². The molecule has 0 aliphatic heterocycles. The van der Waals surface area contributed by atoms with Gasteiger partial charge in [0.2, 0.25) is 4.77 Å². The molecule has 0 aliphatic carbocycles. The molecule has 3 N–H and O–H groups in total. The van der Waals surface area contributed by atoms with Crippen LogP contribution in [0.1, 0.15) is 0 Å². The predicted molar refractivity (Wildman–Crippen MR) is 75.4 cm³/mol. The highest BCUT2D eigenvalue weighted by Crippen LogP contribution is 2.23. The Kier molecular flexibility index (Phi) is 2.88. The minimum Gasteiger partial charge on any atom is -0.497 e. The highest BCUT2D eigenvalue weighted by Gasteiger charge is 2.06. The van der Waals surface area contributed by atoms with Crippen LogP contribution in [0.15, 0.2) is 30.6 Å². The normalized spacial score (nSPS) is 10.6. The molecule has 7 heteroatoms. The number of rotatable bonds is 3. The van der Waals surface area contributed by atoms with Crippen molar-refractivity contribution in [3.63, 3.8) is 0 Å². The van der Waals surface area contributed by atoms with Gasteiger partial charge >= 0.3 is 0 Å². The molecule has 3 rings (SSSR count). The minimum absolute atomic E-state index is 0.380. The van der Waals surface area contributed by atoms with Crippen molar-refractivity contribution >= 4 is 34.9 Å². The van der Waals surface area contributed by atoms with Gasteiger partial charge in [-0.1, -0.05) is 6.07 Å². The summed E-state index contributed by atoms with van der Waals surface area (Å²) in [5, 5.41) is 3.24. The molecule has 19 heavy (non-hydrogen) atoms. The maximum atomic E-state index is 5.19. The fourth-order valence-corrected chi connectivity index (χ4v) is 1.98. The topological polar surface area (TPSA) is 78.6 Å². The van der Waals surface area contributed by atoms with E-state index in [1.54, 1.807) is 13.4 Å². The van der Waals surface area contributed by atoms with E-state index in [4.69, 9.17) is 17.0 Å². The molecule has 0 fully saturated rings. The fraction of sp³-hybridized carbons (Fsp3) is 0.0833. The molecule has 0 saturated heterocycles. The third-order valence-electron chi connectivity index (χ3n) is 2.65. The van der Waals surface area contributed by atoms with Crippen molar-refractivity contribution in [1.29, 1.82) is 0 Å². The van der Waals surface area contributed by atoms with Crippen LogP contribution < -0.4 is 10.1 Å². The molecule has 2 aromatic heterocycles. The largest absolute Gasteiger partial charge is 0.497 e. The molecule has 6 nitrogen and oxygen atoms in total. The van der Waals surface area contributed by atoms with Crippen molar-refractivity contribution in [2.75, 3.05) is 12.4 Å². The van der Waals surface area contributed by atoms with Crippen molar-refractivity contribution in [3.05, 3.63) is 35.4 Å². The Bertz CT molecular complexity index is 779. The number of nitrogens with one attached hydrogen (secondary N) is 3. The van der Waals surface area contributed by atoms with E-state index >= 15 is 0 Å². The number of imidazole rings is 1. The Morgan fingerprint density at radius 3 is 3.11 bits per heavy atom. The van der Waals surface area contributed by atoms with Gasteiger partial charge in [-0.2, -0.15) is 4.98 Å². The number of nitrogens with zero attached hydrogens (tertiary/aromatic N) is 2. The third kappa shape index (κ3) is 2.27. The zero-order chi connectivity index (χ0) is 13.2. The van der Waals surface area contributed by atoms with Gasteiger partial charge < -0.3 is 20.0 Å². The lowest BCUT2D eigenvalue weighted by Crippen LogP contribution is -1.97. The summed E-state index contributed by atoms with van der Waals surface area (Å²) in [6.07, 6.45) is 1.58. The zero-order valence-electron chi connectivity index (χ0n) is 10.1. The van der Waals surface area contributed by atoms with E-state index < -0.39 is 0 Å². The van der Waals surface area contributed by atoms with Gasteiger partial charge in [-0.3, -0.25) is 0 Å². The van der Waals surface area contributed by atoms with Crippen LogP contribution in [-0.2, 0) is 0 Å². The highest BCUT2D eigenvalue weighted by molar-refractivity contribution is 7.71. The van der Waals surface area contributed by atoms with Gasteiger partial charge in [0.25, 0.3) is 0 Å². The first-order valence-electron chi connectivity index (χ1n) is 5.61. The summed E-state index contributed by atoms with van der Waals surface area (Å²) in [5.41, 5.74) is 2.23. The first kappa shape index (κ1) is 11.7. The van der Waals surface area contributed by atoms with Crippen molar-refractivity contribution < 1.29 is 4.74 Å². The summed E-state index contributed by atoms with van der Waals surface area (Å²) in [7, 11) is 1.63. The first-order valence-corrected chi connectivity index (χ1v) is 6.01. The number of methoxy groups -OCH3 is 1. The van der Waals surface area contributed by atoms with Gasteiger partial charge in [-0.05, 0) is 24.4 Å². The quantitative estimate of drug-likeness (QED) is 0.639. The molecule has 0 saturated carbocycles. The van der Waals surface area contributed by atoms with Gasteiger partial charge in [-0.25, -0.2) is 4.98 Å². The van der Waals surface area contributed by atoms with Crippen LogP contribution in [0.5, 0.6) is 5.75 Å². The van der Waals surface area contributed by atoms with E-state index in [1.807, 2.05) is 24.3 Å². The van der Waals surface area contributed by atoms with E-state index in [0.29, 0.717) is 10.4 Å². The molecule has 0 aliphatic rings. The lowest BCUT2D eigenvalue weighted by Gasteiger charge is -2.08. The van der Waals surface area contributed by atoms with Gasteiger partial charge in [0.05, 0.1) is 13.4 Å². The SMILES string of the molecule is COc1cccc(Nc2[nH]c(=S)nc3nc[nH]c23)c1. The monoisotopic (exact) mass is 273 g/mol. The molecule has 0 radical (unpaired) electrons. The summed E-state index contributed by atoms with van der Waals surface area (Å²) >= 11 is 5.07. The Morgan fingerprint density at radius 1 is 1.37 bits per heavy atom. The predicted octanol–water partition coefficient (Wildman–Crippen LogP) is 2.77. The maximum absolute atomic E-state index is 5.19. The molecule has 0 bridgehead atoms. The second-order valence-corrected chi connectivity index (χ2v) is 4.26. The van der Waals surface area contributed by atoms with Crippen molar-refractivity contribution in [2.24, 2.45) is 0 Å². The van der Waals surface area contributed by atoms with Crippen LogP contribution in [0.4, 0.5) is 11.5 Å². The summed E-state index contributed by atoms with van der Waals surface area (Å²) < 4.78 is 5.57. The smallest absolute Gasteiger partial charge is 0.200 e. The Morgan fingerprint density at radius 2 is 2.26 bits per heavy atom. The van der Waals surface area contributed by atoms with E-state index in [-0.39, 0.29) is 0 Å². The lowest BCUT2D eigenvalue weighted by atomic mass is 10.3. The lowest BCUT2D eigenvalue weighted by molar-refractivity contribution is 0.415. The molecule has 0 amide bonds. The highest BCUT2D eigenvalue weighted by atomic mass is 32.1. The number of hydrogen-bond acceptors (Lipinski definition) is 5. The Balaban J connectivity index is 2.04. The number of ether oxygens (including phenoxy) is 1. The molecule has 1 aromatic carbocycles. The number of anilines is 2. The second kappa shape index (κ2) is 4.69. The minimum atomic E-state index is 0.380. The van der Waals surface area contributed by atoms with Gasteiger partial charge in [0, 0.05) is 11.8 Å². The molecule has 0 spiro atoms. The van der Waals surface area contributed by atoms with Crippen molar-refractivity contribution in [2.45, 2.75) is 0 Å². The number of aromatic amines is 2. The van der Waals surface area contributed by atoms with Crippen LogP contribution in [0.3, 0.4) is 0 Å². The zero-order valence-corrected chi connectivity index (χ0v) is 10.9.